The normalized spacial score (nSPS) is 14.1. The molecule has 0 aromatic heterocycles. The molecule has 0 aromatic carbocycles. The largest absolute Gasteiger partial charge is 0.472 e. The van der Waals surface area contributed by atoms with Crippen molar-refractivity contribution < 1.29 is 32.9 Å². The lowest BCUT2D eigenvalue weighted by Gasteiger charge is -2.25. The van der Waals surface area contributed by atoms with E-state index >= 15 is 0 Å². The Bertz CT molecular complexity index is 1250. The van der Waals surface area contributed by atoms with Crippen molar-refractivity contribution >= 4 is 13.7 Å². The van der Waals surface area contributed by atoms with Crippen LogP contribution in [0.4, 0.5) is 0 Å². The molecule has 420 valence electrons. The van der Waals surface area contributed by atoms with E-state index in [9.17, 15) is 19.4 Å². The lowest BCUT2D eigenvalue weighted by Crippen LogP contribution is -2.45. The zero-order chi connectivity index (χ0) is 52.0. The lowest BCUT2D eigenvalue weighted by molar-refractivity contribution is -0.870. The summed E-state index contributed by atoms with van der Waals surface area (Å²) in [7, 11) is 1.56. The minimum absolute atomic E-state index is 0.0565. The van der Waals surface area contributed by atoms with Crippen LogP contribution in [0.25, 0.3) is 0 Å². The van der Waals surface area contributed by atoms with E-state index in [1.54, 1.807) is 6.08 Å². The van der Waals surface area contributed by atoms with Crippen LogP contribution in [0.1, 0.15) is 303 Å². The highest BCUT2D eigenvalue weighted by molar-refractivity contribution is 7.47. The Balaban J connectivity index is 4.19. The van der Waals surface area contributed by atoms with E-state index in [4.69, 9.17) is 9.05 Å². The van der Waals surface area contributed by atoms with Crippen molar-refractivity contribution in [2.24, 2.45) is 0 Å². The van der Waals surface area contributed by atoms with Crippen molar-refractivity contribution in [1.29, 1.82) is 0 Å². The number of amides is 1. The first-order chi connectivity index (χ1) is 34.5. The van der Waals surface area contributed by atoms with E-state index in [0.717, 1.165) is 38.5 Å². The second-order valence-corrected chi connectivity index (χ2v) is 23.9. The number of aliphatic hydroxyl groups excluding tert-OH is 1. The van der Waals surface area contributed by atoms with Gasteiger partial charge in [-0.15, -0.1) is 0 Å². The predicted octanol–water partition coefficient (Wildman–Crippen LogP) is 18.9. The van der Waals surface area contributed by atoms with Gasteiger partial charge in [-0.1, -0.05) is 275 Å². The molecule has 0 aromatic rings. The maximum atomic E-state index is 13.0. The number of rotatable bonds is 57. The van der Waals surface area contributed by atoms with E-state index in [-0.39, 0.29) is 19.1 Å². The van der Waals surface area contributed by atoms with Gasteiger partial charge in [0.1, 0.15) is 13.2 Å². The second-order valence-electron chi connectivity index (χ2n) is 22.4. The van der Waals surface area contributed by atoms with Gasteiger partial charge in [0.25, 0.3) is 0 Å². The molecule has 3 N–H and O–H groups in total. The minimum Gasteiger partial charge on any atom is -0.387 e. The van der Waals surface area contributed by atoms with Crippen LogP contribution in [0.3, 0.4) is 0 Å². The van der Waals surface area contributed by atoms with Gasteiger partial charge in [0.15, 0.2) is 0 Å². The summed E-state index contributed by atoms with van der Waals surface area (Å²) in [6.45, 7) is 4.83. The third-order valence-electron chi connectivity index (χ3n) is 14.1. The number of aliphatic hydroxyl groups is 1. The first-order valence-corrected chi connectivity index (χ1v) is 32.4. The molecule has 0 bridgehead atoms. The number of nitrogens with one attached hydrogen (secondary N) is 1. The number of carbonyl (C=O) groups excluding carboxylic acids is 1. The summed E-state index contributed by atoms with van der Waals surface area (Å²) in [4.78, 5) is 23.3. The molecule has 3 unspecified atom stereocenters. The summed E-state index contributed by atoms with van der Waals surface area (Å²) in [6.07, 6.45) is 69.8. The average molecular weight is 1020 g/mol. The third kappa shape index (κ3) is 56.3. The van der Waals surface area contributed by atoms with Crippen molar-refractivity contribution in [3.63, 3.8) is 0 Å². The Morgan fingerprint density at radius 3 is 1.13 bits per heavy atom. The van der Waals surface area contributed by atoms with Crippen LogP contribution in [-0.4, -0.2) is 73.4 Å². The molecule has 0 aliphatic carbocycles. The molecular weight excluding hydrogens is 900 g/mol. The van der Waals surface area contributed by atoms with Crippen LogP contribution >= 0.6 is 7.82 Å². The van der Waals surface area contributed by atoms with Crippen LogP contribution in [0.5, 0.6) is 0 Å². The Morgan fingerprint density at radius 2 is 0.775 bits per heavy atom. The molecule has 1 amide bonds. The number of unbranched alkanes of at least 4 members (excludes halogenated alkanes) is 40. The molecule has 0 aliphatic rings. The standard InChI is InChI=1S/C62H121N2O6P/c1-6-8-10-12-14-16-18-20-22-24-26-28-29-30-31-32-33-34-36-37-39-41-43-45-47-49-51-53-55-61(65)60(59-70-71(67,68)69-58-57-64(3,4)5)63-62(66)56-54-52-50-48-46-44-42-40-38-35-27-25-23-21-19-17-15-13-11-9-7-2/h25,27,45,47,53,55,60-61,65H,6-24,26,28-44,46,48-52,54,56-59H2,1-5H3,(H-,63,66,67,68)/p+1/b27-25-,47-45+,55-53+. The molecule has 0 heterocycles. The van der Waals surface area contributed by atoms with E-state index < -0.39 is 20.0 Å². The Labute approximate surface area is 442 Å². The summed E-state index contributed by atoms with van der Waals surface area (Å²) < 4.78 is 23.7. The van der Waals surface area contributed by atoms with Crippen LogP contribution in [-0.2, 0) is 18.4 Å². The number of allylic oxidation sites excluding steroid dienone is 5. The van der Waals surface area contributed by atoms with Crippen molar-refractivity contribution in [3.8, 4) is 0 Å². The summed E-state index contributed by atoms with van der Waals surface area (Å²) in [5, 5.41) is 13.9. The number of hydrogen-bond donors (Lipinski definition) is 3. The summed E-state index contributed by atoms with van der Waals surface area (Å²) >= 11 is 0. The predicted molar refractivity (Wildman–Crippen MR) is 309 cm³/mol. The minimum atomic E-state index is -4.36. The van der Waals surface area contributed by atoms with Gasteiger partial charge in [-0.25, -0.2) is 4.57 Å². The highest BCUT2D eigenvalue weighted by atomic mass is 31.2. The number of phosphoric ester groups is 1. The number of hydrogen-bond acceptors (Lipinski definition) is 5. The van der Waals surface area contributed by atoms with E-state index in [1.807, 2.05) is 27.2 Å². The lowest BCUT2D eigenvalue weighted by atomic mass is 10.0. The number of nitrogens with zero attached hydrogens (tertiary/aromatic N) is 1. The van der Waals surface area contributed by atoms with Crippen LogP contribution in [0.2, 0.25) is 0 Å². The van der Waals surface area contributed by atoms with Crippen LogP contribution < -0.4 is 5.32 Å². The number of carbonyl (C=O) groups is 1. The fourth-order valence-corrected chi connectivity index (χ4v) is 9.97. The van der Waals surface area contributed by atoms with Gasteiger partial charge in [0.05, 0.1) is 39.9 Å². The number of quaternary nitrogens is 1. The molecule has 3 atom stereocenters. The molecule has 0 radical (unpaired) electrons. The summed E-state index contributed by atoms with van der Waals surface area (Å²) in [5.41, 5.74) is 0. The zero-order valence-electron chi connectivity index (χ0n) is 48.0. The second kappa shape index (κ2) is 53.5. The number of likely N-dealkylation sites (N-methyl/N-ethyl adjacent to an activating group) is 1. The van der Waals surface area contributed by atoms with Gasteiger partial charge in [-0.05, 0) is 57.8 Å². The van der Waals surface area contributed by atoms with Gasteiger partial charge in [-0.3, -0.25) is 13.8 Å². The monoisotopic (exact) mass is 1020 g/mol. The maximum absolute atomic E-state index is 13.0. The molecule has 0 fully saturated rings. The Morgan fingerprint density at radius 1 is 0.465 bits per heavy atom. The van der Waals surface area contributed by atoms with Crippen molar-refractivity contribution in [2.45, 2.75) is 315 Å². The fourth-order valence-electron chi connectivity index (χ4n) is 9.23. The topological polar surface area (TPSA) is 105 Å². The Hall–Kier alpha value is -1.28. The van der Waals surface area contributed by atoms with Gasteiger partial charge in [0, 0.05) is 6.42 Å². The highest BCUT2D eigenvalue weighted by Gasteiger charge is 2.27. The molecule has 0 spiro atoms. The molecular formula is C62H122N2O6P+. The van der Waals surface area contributed by atoms with Crippen LogP contribution in [0, 0.1) is 0 Å². The quantitative estimate of drug-likeness (QED) is 0.0243. The van der Waals surface area contributed by atoms with Gasteiger partial charge in [0.2, 0.25) is 5.91 Å². The van der Waals surface area contributed by atoms with Gasteiger partial charge in [-0.2, -0.15) is 0 Å². The first kappa shape index (κ1) is 69.7. The van der Waals surface area contributed by atoms with E-state index in [0.29, 0.717) is 17.4 Å². The first-order valence-electron chi connectivity index (χ1n) is 30.9. The van der Waals surface area contributed by atoms with Gasteiger partial charge >= 0.3 is 7.82 Å². The van der Waals surface area contributed by atoms with Crippen LogP contribution in [0.15, 0.2) is 36.5 Å². The van der Waals surface area contributed by atoms with Crippen molar-refractivity contribution in [3.05, 3.63) is 36.5 Å². The van der Waals surface area contributed by atoms with Gasteiger partial charge < -0.3 is 19.8 Å². The number of phosphoric acid groups is 1. The average Bonchev–Trinajstić information content (AvgIpc) is 3.33. The smallest absolute Gasteiger partial charge is 0.387 e. The molecule has 71 heavy (non-hydrogen) atoms. The Kier molecular flexibility index (Phi) is 52.6. The molecule has 0 rings (SSSR count). The van der Waals surface area contributed by atoms with Crippen molar-refractivity contribution in [1.82, 2.24) is 5.32 Å². The molecule has 0 saturated heterocycles. The molecule has 9 heteroatoms. The summed E-state index contributed by atoms with van der Waals surface area (Å²) in [6, 6.07) is -0.865. The van der Waals surface area contributed by atoms with Crippen molar-refractivity contribution in [2.75, 3.05) is 40.9 Å². The highest BCUT2D eigenvalue weighted by Crippen LogP contribution is 2.43. The SMILES string of the molecule is CCCCCCCCCC/C=C\CCCCCCCCCCCC(=O)NC(COP(=O)(O)OCC[N+](C)(C)C)C(O)/C=C/CC/C=C/CCCCCCCCCCCCCCCCCCCCCCCC. The summed E-state index contributed by atoms with van der Waals surface area (Å²) in [5.74, 6) is -0.185. The third-order valence-corrected chi connectivity index (χ3v) is 15.1. The fraction of sp³-hybridized carbons (Fsp3) is 0.887. The molecule has 0 aliphatic heterocycles. The maximum Gasteiger partial charge on any atom is 0.472 e. The zero-order valence-corrected chi connectivity index (χ0v) is 48.9. The van der Waals surface area contributed by atoms with E-state index in [1.165, 1.54) is 244 Å². The molecule has 0 saturated carbocycles. The van der Waals surface area contributed by atoms with E-state index in [2.05, 4.69) is 43.5 Å². The molecule has 8 nitrogen and oxygen atoms in total.